The first-order valence-electron chi connectivity index (χ1n) is 9.72. The number of anilines is 2. The average Bonchev–Trinajstić information content (AvgIpc) is 2.63. The number of carbonyl (C=O) groups excluding carboxylic acids is 1. The Morgan fingerprint density at radius 1 is 1.14 bits per heavy atom. The minimum absolute atomic E-state index is 0.0254. The molecule has 0 radical (unpaired) electrons. The van der Waals surface area contributed by atoms with Crippen molar-refractivity contribution < 1.29 is 13.2 Å². The van der Waals surface area contributed by atoms with Crippen LogP contribution in [-0.4, -0.2) is 31.9 Å². The molecule has 0 fully saturated rings. The summed E-state index contributed by atoms with van der Waals surface area (Å²) in [5.74, 6) is 0.228. The second kappa shape index (κ2) is 9.84. The van der Waals surface area contributed by atoms with Gasteiger partial charge in [-0.3, -0.25) is 4.79 Å². The molecule has 1 aromatic heterocycles. The number of carbonyl (C=O) groups is 1. The minimum Gasteiger partial charge on any atom is -0.361 e. The third kappa shape index (κ3) is 6.54. The van der Waals surface area contributed by atoms with Crippen LogP contribution in [0.3, 0.4) is 0 Å². The van der Waals surface area contributed by atoms with Crippen LogP contribution in [0, 0.1) is 20.8 Å². The third-order valence-electron chi connectivity index (χ3n) is 4.50. The predicted octanol–water partition coefficient (Wildman–Crippen LogP) is 3.52. The number of nitrogens with one attached hydrogen (secondary N) is 3. The number of hydrogen-bond acceptors (Lipinski definition) is 5. The Labute approximate surface area is 173 Å². The van der Waals surface area contributed by atoms with E-state index in [9.17, 15) is 13.2 Å². The fourth-order valence-corrected chi connectivity index (χ4v) is 4.42. The SMILES string of the molecule is CCCC(C)NS(=O)(=O)c1ccc(NCC(=O)Nc2c(C)cc(C)cc2C)nc1. The van der Waals surface area contributed by atoms with Crippen molar-refractivity contribution in [2.45, 2.75) is 58.4 Å². The van der Waals surface area contributed by atoms with E-state index < -0.39 is 10.0 Å². The summed E-state index contributed by atoms with van der Waals surface area (Å²) in [4.78, 5) is 16.5. The van der Waals surface area contributed by atoms with Gasteiger partial charge in [0.1, 0.15) is 10.7 Å². The molecule has 0 aliphatic rings. The zero-order chi connectivity index (χ0) is 21.6. The molecule has 1 amide bonds. The largest absolute Gasteiger partial charge is 0.361 e. The van der Waals surface area contributed by atoms with Crippen molar-refractivity contribution in [1.82, 2.24) is 9.71 Å². The lowest BCUT2D eigenvalue weighted by Crippen LogP contribution is -2.32. The highest BCUT2D eigenvalue weighted by atomic mass is 32.2. The molecule has 158 valence electrons. The maximum Gasteiger partial charge on any atom is 0.243 e. The smallest absolute Gasteiger partial charge is 0.243 e. The Kier molecular flexibility index (Phi) is 7.75. The molecule has 3 N–H and O–H groups in total. The first kappa shape index (κ1) is 22.8. The highest BCUT2D eigenvalue weighted by Crippen LogP contribution is 2.21. The molecule has 0 aliphatic heterocycles. The molecule has 2 rings (SSSR count). The van der Waals surface area contributed by atoms with Crippen molar-refractivity contribution in [3.8, 4) is 0 Å². The Morgan fingerprint density at radius 3 is 2.34 bits per heavy atom. The topological polar surface area (TPSA) is 100 Å². The van der Waals surface area contributed by atoms with Gasteiger partial charge in [-0.2, -0.15) is 0 Å². The lowest BCUT2D eigenvalue weighted by atomic mass is 10.1. The lowest BCUT2D eigenvalue weighted by Gasteiger charge is -2.14. The van der Waals surface area contributed by atoms with Crippen LogP contribution in [0.2, 0.25) is 0 Å². The molecule has 29 heavy (non-hydrogen) atoms. The van der Waals surface area contributed by atoms with Gasteiger partial charge >= 0.3 is 0 Å². The zero-order valence-corrected chi connectivity index (χ0v) is 18.5. The summed E-state index contributed by atoms with van der Waals surface area (Å²) in [5, 5.41) is 5.83. The van der Waals surface area contributed by atoms with Gasteiger partial charge in [0.15, 0.2) is 0 Å². The first-order valence-corrected chi connectivity index (χ1v) is 11.2. The summed E-state index contributed by atoms with van der Waals surface area (Å²) in [6.07, 6.45) is 2.95. The number of sulfonamides is 1. The van der Waals surface area contributed by atoms with Gasteiger partial charge in [-0.15, -0.1) is 0 Å². The van der Waals surface area contributed by atoms with Gasteiger partial charge in [-0.25, -0.2) is 18.1 Å². The Balaban J connectivity index is 1.96. The number of pyridine rings is 1. The van der Waals surface area contributed by atoms with Gasteiger partial charge in [-0.05, 0) is 57.4 Å². The number of rotatable bonds is 9. The van der Waals surface area contributed by atoms with Crippen molar-refractivity contribution in [2.75, 3.05) is 17.2 Å². The normalized spacial score (nSPS) is 12.4. The fourth-order valence-electron chi connectivity index (χ4n) is 3.20. The van der Waals surface area contributed by atoms with Crippen molar-refractivity contribution in [3.05, 3.63) is 47.2 Å². The molecule has 2 aromatic rings. The molecular weight excluding hydrogens is 388 g/mol. The van der Waals surface area contributed by atoms with Crippen LogP contribution in [0.15, 0.2) is 35.4 Å². The van der Waals surface area contributed by atoms with Crippen LogP contribution < -0.4 is 15.4 Å². The van der Waals surface area contributed by atoms with Crippen LogP contribution in [0.5, 0.6) is 0 Å². The number of benzene rings is 1. The molecule has 0 bridgehead atoms. The van der Waals surface area contributed by atoms with E-state index in [1.165, 1.54) is 12.3 Å². The highest BCUT2D eigenvalue weighted by molar-refractivity contribution is 7.89. The highest BCUT2D eigenvalue weighted by Gasteiger charge is 2.17. The summed E-state index contributed by atoms with van der Waals surface area (Å²) >= 11 is 0. The minimum atomic E-state index is -3.60. The number of hydrogen-bond donors (Lipinski definition) is 3. The summed E-state index contributed by atoms with van der Waals surface area (Å²) in [7, 11) is -3.60. The van der Waals surface area contributed by atoms with Crippen LogP contribution in [-0.2, 0) is 14.8 Å². The fraction of sp³-hybridized carbons (Fsp3) is 0.429. The first-order chi connectivity index (χ1) is 13.6. The third-order valence-corrected chi connectivity index (χ3v) is 6.07. The number of aryl methyl sites for hydroxylation is 3. The monoisotopic (exact) mass is 418 g/mol. The van der Waals surface area contributed by atoms with E-state index in [1.807, 2.05) is 46.8 Å². The van der Waals surface area contributed by atoms with Crippen molar-refractivity contribution >= 4 is 27.4 Å². The second-order valence-electron chi connectivity index (χ2n) is 7.37. The Bertz CT molecular complexity index is 933. The number of amides is 1. The number of aromatic nitrogens is 1. The van der Waals surface area contributed by atoms with E-state index >= 15 is 0 Å². The molecular formula is C21H30N4O3S. The molecule has 0 spiro atoms. The quantitative estimate of drug-likeness (QED) is 0.578. The molecule has 0 saturated carbocycles. The van der Waals surface area contributed by atoms with Crippen LogP contribution in [0.25, 0.3) is 0 Å². The Hall–Kier alpha value is -2.45. The van der Waals surface area contributed by atoms with Crippen molar-refractivity contribution in [3.63, 3.8) is 0 Å². The summed E-state index contributed by atoms with van der Waals surface area (Å²) < 4.78 is 27.3. The predicted molar refractivity (Wildman–Crippen MR) is 117 cm³/mol. The summed E-state index contributed by atoms with van der Waals surface area (Å²) in [6, 6.07) is 6.93. The van der Waals surface area contributed by atoms with Gasteiger partial charge in [-0.1, -0.05) is 31.0 Å². The maximum atomic E-state index is 12.4. The van der Waals surface area contributed by atoms with Crippen molar-refractivity contribution in [1.29, 1.82) is 0 Å². The molecule has 1 aromatic carbocycles. The number of nitrogens with zero attached hydrogens (tertiary/aromatic N) is 1. The second-order valence-corrected chi connectivity index (χ2v) is 9.08. The van der Waals surface area contributed by atoms with Crippen LogP contribution >= 0.6 is 0 Å². The Morgan fingerprint density at radius 2 is 1.79 bits per heavy atom. The molecule has 1 atom stereocenters. The van der Waals surface area contributed by atoms with Crippen molar-refractivity contribution in [2.24, 2.45) is 0 Å². The van der Waals surface area contributed by atoms with E-state index in [0.29, 0.717) is 5.82 Å². The molecule has 1 unspecified atom stereocenters. The lowest BCUT2D eigenvalue weighted by molar-refractivity contribution is -0.114. The van der Waals surface area contributed by atoms with Gasteiger partial charge in [0, 0.05) is 17.9 Å². The summed E-state index contributed by atoms with van der Waals surface area (Å²) in [5.41, 5.74) is 3.97. The van der Waals surface area contributed by atoms with Gasteiger partial charge in [0.2, 0.25) is 15.9 Å². The summed E-state index contributed by atoms with van der Waals surface area (Å²) in [6.45, 7) is 9.80. The van der Waals surface area contributed by atoms with E-state index in [2.05, 4.69) is 20.3 Å². The van der Waals surface area contributed by atoms with Gasteiger partial charge < -0.3 is 10.6 Å². The van der Waals surface area contributed by atoms with E-state index in [1.54, 1.807) is 6.07 Å². The van der Waals surface area contributed by atoms with Gasteiger partial charge in [0.05, 0.1) is 6.54 Å². The molecule has 8 heteroatoms. The molecule has 1 heterocycles. The molecule has 0 aliphatic carbocycles. The van der Waals surface area contributed by atoms with Crippen LogP contribution in [0.4, 0.5) is 11.5 Å². The average molecular weight is 419 g/mol. The molecule has 0 saturated heterocycles. The zero-order valence-electron chi connectivity index (χ0n) is 17.7. The van der Waals surface area contributed by atoms with E-state index in [-0.39, 0.29) is 23.4 Å². The van der Waals surface area contributed by atoms with Crippen LogP contribution in [0.1, 0.15) is 43.4 Å². The van der Waals surface area contributed by atoms with E-state index in [0.717, 1.165) is 35.2 Å². The standard InChI is InChI=1S/C21H30N4O3S/c1-6-7-17(5)25-29(27,28)18-8-9-19(22-12-18)23-13-20(26)24-21-15(3)10-14(2)11-16(21)4/h8-12,17,25H,6-7,13H2,1-5H3,(H,22,23)(H,24,26). The molecule has 7 nitrogen and oxygen atoms in total. The maximum absolute atomic E-state index is 12.4. The van der Waals surface area contributed by atoms with Gasteiger partial charge in [0.25, 0.3) is 0 Å². The van der Waals surface area contributed by atoms with E-state index in [4.69, 9.17) is 0 Å².